The number of thiazole rings is 1. The summed E-state index contributed by atoms with van der Waals surface area (Å²) >= 11 is 1.48. The molecule has 2 aromatic heterocycles. The topological polar surface area (TPSA) is 127 Å². The van der Waals surface area contributed by atoms with Crippen LogP contribution in [0.15, 0.2) is 60.9 Å². The molecule has 5 N–H and O–H groups in total. The van der Waals surface area contributed by atoms with Gasteiger partial charge in [0.1, 0.15) is 17.8 Å². The van der Waals surface area contributed by atoms with Gasteiger partial charge in [-0.3, -0.25) is 15.6 Å². The van der Waals surface area contributed by atoms with Gasteiger partial charge in [0, 0.05) is 0 Å². The van der Waals surface area contributed by atoms with E-state index in [4.69, 9.17) is 10.5 Å². The molecule has 0 saturated carbocycles. The van der Waals surface area contributed by atoms with Gasteiger partial charge in [0.2, 0.25) is 0 Å². The number of para-hydroxylation sites is 2. The van der Waals surface area contributed by atoms with Gasteiger partial charge in [-0.15, -0.1) is 0 Å². The minimum absolute atomic E-state index is 0.154. The lowest BCUT2D eigenvalue weighted by Gasteiger charge is -2.12. The maximum atomic E-state index is 12.0. The highest BCUT2D eigenvalue weighted by molar-refractivity contribution is 7.22. The van der Waals surface area contributed by atoms with Crippen molar-refractivity contribution in [3.05, 3.63) is 60.9 Å². The van der Waals surface area contributed by atoms with Gasteiger partial charge in [-0.2, -0.15) is 0 Å². The maximum absolute atomic E-state index is 12.0. The second-order valence-corrected chi connectivity index (χ2v) is 6.90. The number of nitrogens with two attached hydrogens (primary N) is 1. The van der Waals surface area contributed by atoms with Crippen molar-refractivity contribution < 1.29 is 9.53 Å². The molecule has 0 spiro atoms. The number of amides is 1. The number of nitrogens with one attached hydrogen (secondary N) is 3. The van der Waals surface area contributed by atoms with E-state index in [1.54, 1.807) is 12.1 Å². The molecule has 146 valence electrons. The van der Waals surface area contributed by atoms with Crippen molar-refractivity contribution in [3.63, 3.8) is 0 Å². The highest BCUT2D eigenvalue weighted by Gasteiger charge is 2.12. The van der Waals surface area contributed by atoms with Gasteiger partial charge >= 0.3 is 0 Å². The number of hydrogen-bond acceptors (Lipinski definition) is 9. The van der Waals surface area contributed by atoms with E-state index in [1.807, 2.05) is 42.5 Å². The Kier molecular flexibility index (Phi) is 5.34. The molecule has 9 nitrogen and oxygen atoms in total. The van der Waals surface area contributed by atoms with Crippen LogP contribution in [-0.4, -0.2) is 27.5 Å². The van der Waals surface area contributed by atoms with Gasteiger partial charge < -0.3 is 15.8 Å². The molecule has 29 heavy (non-hydrogen) atoms. The number of ether oxygens (including phenoxy) is 1. The normalized spacial score (nSPS) is 10.5. The van der Waals surface area contributed by atoms with E-state index in [9.17, 15) is 4.79 Å². The number of anilines is 4. The second-order valence-electron chi connectivity index (χ2n) is 5.87. The lowest BCUT2D eigenvalue weighted by Crippen LogP contribution is -2.34. The molecule has 10 heteroatoms. The predicted molar refractivity (Wildman–Crippen MR) is 113 cm³/mol. The van der Waals surface area contributed by atoms with E-state index in [1.165, 1.54) is 17.7 Å². The largest absolute Gasteiger partial charge is 0.484 e. The zero-order valence-electron chi connectivity index (χ0n) is 15.1. The van der Waals surface area contributed by atoms with E-state index < -0.39 is 0 Å². The molecule has 2 aromatic carbocycles. The Morgan fingerprint density at radius 2 is 1.79 bits per heavy atom. The standard InChI is InChI=1S/C19H17N7O2S/c20-16-17(24-19-23-13-8-4-5-9-14(13)29-19)21-11-22-18(16)26-25-15(27)10-28-12-6-2-1-3-7-12/h1-9,11H,10,20H2,(H,25,27)(H2,21,22,23,24,26). The van der Waals surface area contributed by atoms with Crippen LogP contribution in [0.25, 0.3) is 10.2 Å². The van der Waals surface area contributed by atoms with Gasteiger partial charge in [0.25, 0.3) is 5.91 Å². The number of aromatic nitrogens is 3. The van der Waals surface area contributed by atoms with E-state index in [-0.39, 0.29) is 24.0 Å². The Morgan fingerprint density at radius 1 is 1.03 bits per heavy atom. The summed E-state index contributed by atoms with van der Waals surface area (Å²) in [5.41, 5.74) is 12.4. The van der Waals surface area contributed by atoms with Crippen LogP contribution in [0.1, 0.15) is 0 Å². The van der Waals surface area contributed by atoms with Crippen molar-refractivity contribution in [3.8, 4) is 5.75 Å². The molecule has 4 aromatic rings. The first kappa shape index (κ1) is 18.4. The summed E-state index contributed by atoms with van der Waals surface area (Å²) in [7, 11) is 0. The van der Waals surface area contributed by atoms with Crippen LogP contribution in [0.5, 0.6) is 5.75 Å². The molecule has 2 heterocycles. The number of fused-ring (bicyclic) bond motifs is 1. The molecular weight excluding hydrogens is 390 g/mol. The number of carbonyl (C=O) groups is 1. The fourth-order valence-corrected chi connectivity index (χ4v) is 3.32. The highest BCUT2D eigenvalue weighted by Crippen LogP contribution is 2.30. The molecule has 1 amide bonds. The number of nitrogen functional groups attached to an aromatic ring is 1. The zero-order valence-corrected chi connectivity index (χ0v) is 15.9. The van der Waals surface area contributed by atoms with Crippen molar-refractivity contribution >= 4 is 49.9 Å². The third-order valence-electron chi connectivity index (χ3n) is 3.84. The van der Waals surface area contributed by atoms with Gasteiger partial charge in [0.05, 0.1) is 10.2 Å². The molecule has 0 unspecified atom stereocenters. The molecule has 0 radical (unpaired) electrons. The summed E-state index contributed by atoms with van der Waals surface area (Å²) in [4.78, 5) is 24.7. The lowest BCUT2D eigenvalue weighted by atomic mass is 10.3. The summed E-state index contributed by atoms with van der Waals surface area (Å²) in [5.74, 6) is 0.868. The summed E-state index contributed by atoms with van der Waals surface area (Å²) in [6.45, 7) is -0.154. The van der Waals surface area contributed by atoms with Gasteiger partial charge in [-0.05, 0) is 24.3 Å². The fraction of sp³-hybridized carbons (Fsp3) is 0.0526. The average molecular weight is 407 g/mol. The van der Waals surface area contributed by atoms with Crippen molar-refractivity contribution in [2.75, 3.05) is 23.1 Å². The molecule has 0 aliphatic carbocycles. The van der Waals surface area contributed by atoms with Crippen molar-refractivity contribution in [2.24, 2.45) is 0 Å². The van der Waals surface area contributed by atoms with E-state index in [0.717, 1.165) is 10.2 Å². The molecule has 4 rings (SSSR count). The second kappa shape index (κ2) is 8.40. The van der Waals surface area contributed by atoms with Crippen LogP contribution < -0.4 is 26.6 Å². The van der Waals surface area contributed by atoms with Gasteiger partial charge in [-0.1, -0.05) is 41.7 Å². The number of hydrazine groups is 1. The van der Waals surface area contributed by atoms with E-state index in [0.29, 0.717) is 16.7 Å². The quantitative estimate of drug-likeness (QED) is 0.344. The highest BCUT2D eigenvalue weighted by atomic mass is 32.1. The third kappa shape index (κ3) is 4.50. The van der Waals surface area contributed by atoms with Gasteiger partial charge in [-0.25, -0.2) is 15.0 Å². The van der Waals surface area contributed by atoms with Crippen LogP contribution in [0.4, 0.5) is 22.5 Å². The number of benzene rings is 2. The first-order chi connectivity index (χ1) is 14.2. The SMILES string of the molecule is Nc1c(NNC(=O)COc2ccccc2)ncnc1Nc1nc2ccccc2s1. The van der Waals surface area contributed by atoms with Crippen LogP contribution in [0.3, 0.4) is 0 Å². The van der Waals surface area contributed by atoms with Crippen molar-refractivity contribution in [1.82, 2.24) is 20.4 Å². The monoisotopic (exact) mass is 407 g/mol. The number of hydrogen-bond donors (Lipinski definition) is 4. The Hall–Kier alpha value is -3.92. The number of carbonyl (C=O) groups excluding carboxylic acids is 1. The minimum Gasteiger partial charge on any atom is -0.484 e. The van der Waals surface area contributed by atoms with E-state index >= 15 is 0 Å². The number of rotatable bonds is 7. The molecule has 0 aliphatic rings. The molecule has 0 aliphatic heterocycles. The van der Waals surface area contributed by atoms with Crippen LogP contribution in [-0.2, 0) is 4.79 Å². The smallest absolute Gasteiger partial charge is 0.276 e. The van der Waals surface area contributed by atoms with Crippen molar-refractivity contribution in [1.29, 1.82) is 0 Å². The summed E-state index contributed by atoms with van der Waals surface area (Å²) in [6, 6.07) is 16.9. The maximum Gasteiger partial charge on any atom is 0.276 e. The van der Waals surface area contributed by atoms with Crippen LogP contribution in [0.2, 0.25) is 0 Å². The third-order valence-corrected chi connectivity index (χ3v) is 4.79. The molecule has 0 atom stereocenters. The molecular formula is C19H17N7O2S. The fourth-order valence-electron chi connectivity index (χ4n) is 2.45. The molecule has 0 fully saturated rings. The zero-order chi connectivity index (χ0) is 20.1. The van der Waals surface area contributed by atoms with Crippen LogP contribution in [0, 0.1) is 0 Å². The first-order valence-electron chi connectivity index (χ1n) is 8.65. The Balaban J connectivity index is 1.38. The van der Waals surface area contributed by atoms with Gasteiger partial charge in [0.15, 0.2) is 23.4 Å². The average Bonchev–Trinajstić information content (AvgIpc) is 3.16. The number of nitrogens with zero attached hydrogens (tertiary/aromatic N) is 3. The summed E-state index contributed by atoms with van der Waals surface area (Å²) in [6.07, 6.45) is 1.33. The molecule has 0 bridgehead atoms. The Morgan fingerprint density at radius 3 is 2.62 bits per heavy atom. The van der Waals surface area contributed by atoms with E-state index in [2.05, 4.69) is 31.1 Å². The minimum atomic E-state index is -0.382. The summed E-state index contributed by atoms with van der Waals surface area (Å²) in [5, 5.41) is 3.75. The summed E-state index contributed by atoms with van der Waals surface area (Å²) < 4.78 is 6.43. The lowest BCUT2D eigenvalue weighted by molar-refractivity contribution is -0.122. The van der Waals surface area contributed by atoms with Crippen molar-refractivity contribution in [2.45, 2.75) is 0 Å². The predicted octanol–water partition coefficient (Wildman–Crippen LogP) is 2.93. The first-order valence-corrected chi connectivity index (χ1v) is 9.46. The van der Waals surface area contributed by atoms with Crippen LogP contribution >= 0.6 is 11.3 Å². The molecule has 0 saturated heterocycles. The Bertz CT molecular complexity index is 1100. The Labute approximate surface area is 169 Å².